The molecule has 1 saturated carbocycles. The van der Waals surface area contributed by atoms with E-state index in [1.165, 1.54) is 17.4 Å². The second-order valence-electron chi connectivity index (χ2n) is 8.91. The normalized spacial score (nSPS) is 16.9. The Labute approximate surface area is 179 Å². The number of aromatic carboxylic acids is 1. The average molecular weight is 419 g/mol. The van der Waals surface area contributed by atoms with E-state index in [4.69, 9.17) is 5.73 Å². The van der Waals surface area contributed by atoms with Crippen LogP contribution in [0.15, 0.2) is 24.4 Å². The first-order valence-corrected chi connectivity index (χ1v) is 10.6. The van der Waals surface area contributed by atoms with Gasteiger partial charge < -0.3 is 15.7 Å². The van der Waals surface area contributed by atoms with E-state index < -0.39 is 5.97 Å². The highest BCUT2D eigenvalue weighted by Gasteiger charge is 2.40. The second-order valence-corrected chi connectivity index (χ2v) is 8.91. The molecule has 8 nitrogen and oxygen atoms in total. The van der Waals surface area contributed by atoms with Crippen molar-refractivity contribution >= 4 is 23.3 Å². The minimum Gasteiger partial charge on any atom is -0.477 e. The molecule has 1 aliphatic heterocycles. The summed E-state index contributed by atoms with van der Waals surface area (Å²) in [5.41, 5.74) is 10.2. The number of fused-ring (bicyclic) bond motifs is 2. The minimum atomic E-state index is -1.16. The van der Waals surface area contributed by atoms with Crippen molar-refractivity contribution in [2.24, 2.45) is 5.92 Å². The van der Waals surface area contributed by atoms with Crippen LogP contribution >= 0.6 is 0 Å². The lowest BCUT2D eigenvalue weighted by atomic mass is 9.91. The van der Waals surface area contributed by atoms with Crippen LogP contribution in [0.2, 0.25) is 0 Å². The minimum absolute atomic E-state index is 0.0655. The Morgan fingerprint density at radius 1 is 1.26 bits per heavy atom. The maximum absolute atomic E-state index is 13.3. The average Bonchev–Trinajstić information content (AvgIpc) is 3.44. The quantitative estimate of drug-likeness (QED) is 0.654. The molecule has 0 bridgehead atoms. The number of amides is 1. The lowest BCUT2D eigenvalue weighted by molar-refractivity contribution is 0.0689. The molecule has 1 aliphatic carbocycles. The van der Waals surface area contributed by atoms with Gasteiger partial charge in [0, 0.05) is 29.9 Å². The van der Waals surface area contributed by atoms with E-state index in [2.05, 4.69) is 30.9 Å². The number of nitrogen functional groups attached to an aromatic ring is 1. The maximum Gasteiger partial charge on any atom is 0.343 e. The Hall–Kier alpha value is -3.42. The summed E-state index contributed by atoms with van der Waals surface area (Å²) in [5.74, 6) is -0.345. The predicted octanol–water partition coefficient (Wildman–Crippen LogP) is 3.55. The molecule has 2 aromatic heterocycles. The molecule has 8 heteroatoms. The molecule has 0 radical (unpaired) electrons. The van der Waals surface area contributed by atoms with Crippen molar-refractivity contribution in [3.05, 3.63) is 46.6 Å². The topological polar surface area (TPSA) is 114 Å². The van der Waals surface area contributed by atoms with Crippen LogP contribution < -0.4 is 5.73 Å². The van der Waals surface area contributed by atoms with Crippen LogP contribution in [0.4, 0.5) is 5.82 Å². The van der Waals surface area contributed by atoms with Crippen LogP contribution in [0.5, 0.6) is 0 Å². The van der Waals surface area contributed by atoms with Crippen LogP contribution in [0.3, 0.4) is 0 Å². The molecule has 31 heavy (non-hydrogen) atoms. The van der Waals surface area contributed by atoms with Crippen molar-refractivity contribution in [2.75, 3.05) is 5.73 Å². The number of carbonyl (C=O) groups excluding carboxylic acids is 1. The smallest absolute Gasteiger partial charge is 0.343 e. The largest absolute Gasteiger partial charge is 0.477 e. The molecule has 1 atom stereocenters. The van der Waals surface area contributed by atoms with E-state index in [0.29, 0.717) is 18.2 Å². The zero-order chi connectivity index (χ0) is 22.0. The maximum atomic E-state index is 13.3. The van der Waals surface area contributed by atoms with E-state index in [1.807, 2.05) is 17.0 Å². The summed E-state index contributed by atoms with van der Waals surface area (Å²) in [4.78, 5) is 31.4. The van der Waals surface area contributed by atoms with Gasteiger partial charge in [-0.2, -0.15) is 0 Å². The molecular formula is C23H25N5O3. The summed E-state index contributed by atoms with van der Waals surface area (Å²) < 4.78 is 1.38. The number of nitrogens with zero attached hydrogens (tertiary/aromatic N) is 4. The fraction of sp³-hybridized carbons (Fsp3) is 0.391. The van der Waals surface area contributed by atoms with Gasteiger partial charge in [-0.05, 0) is 60.9 Å². The second kappa shape index (κ2) is 6.80. The number of carboxylic acids is 1. The number of aromatic nitrogens is 3. The summed E-state index contributed by atoms with van der Waals surface area (Å²) in [6.07, 6.45) is 4.04. The Bertz CT molecular complexity index is 1240. The van der Waals surface area contributed by atoms with Crippen molar-refractivity contribution in [3.8, 4) is 11.3 Å². The SMILES string of the molecule is CC(C)c1cc(-c2ccn3nc(N)c(C(=O)O)c3n2)cc2c1C(=O)N([C@@H](C)C1CC1)C2. The standard InChI is InChI=1S/C23H25N5O3/c1-11(2)16-9-14(8-15-10-27(22(29)18(15)16)12(3)13-4-5-13)17-6-7-28-21(25-17)19(23(30)31)20(24)26-28/h6-9,11-13H,4-5,10H2,1-3H3,(H2,24,26)(H,30,31)/t12-/m0/s1. The number of benzene rings is 1. The van der Waals surface area contributed by atoms with Crippen molar-refractivity contribution in [3.63, 3.8) is 0 Å². The molecule has 160 valence electrons. The number of nitrogens with two attached hydrogens (primary N) is 1. The van der Waals surface area contributed by atoms with Gasteiger partial charge in [0.25, 0.3) is 5.91 Å². The summed E-state index contributed by atoms with van der Waals surface area (Å²) in [6, 6.07) is 6.05. The molecule has 1 fully saturated rings. The van der Waals surface area contributed by atoms with Gasteiger partial charge in [0.2, 0.25) is 0 Å². The predicted molar refractivity (Wildman–Crippen MR) is 116 cm³/mol. The van der Waals surface area contributed by atoms with Gasteiger partial charge in [0.1, 0.15) is 5.56 Å². The van der Waals surface area contributed by atoms with E-state index in [-0.39, 0.29) is 34.9 Å². The molecule has 0 saturated heterocycles. The van der Waals surface area contributed by atoms with Crippen LogP contribution in [-0.2, 0) is 6.54 Å². The number of rotatable bonds is 5. The Morgan fingerprint density at radius 2 is 2.00 bits per heavy atom. The highest BCUT2D eigenvalue weighted by molar-refractivity contribution is 6.01. The first-order valence-electron chi connectivity index (χ1n) is 10.6. The fourth-order valence-electron chi connectivity index (χ4n) is 4.59. The third kappa shape index (κ3) is 3.05. The van der Waals surface area contributed by atoms with E-state index in [9.17, 15) is 14.7 Å². The zero-order valence-corrected chi connectivity index (χ0v) is 17.8. The third-order valence-corrected chi connectivity index (χ3v) is 6.51. The first-order chi connectivity index (χ1) is 14.8. The molecule has 3 heterocycles. The first kappa shape index (κ1) is 19.5. The fourth-order valence-corrected chi connectivity index (χ4v) is 4.59. The molecule has 3 aromatic rings. The van der Waals surface area contributed by atoms with Gasteiger partial charge in [-0.3, -0.25) is 4.79 Å². The number of anilines is 1. The van der Waals surface area contributed by atoms with Gasteiger partial charge in [-0.1, -0.05) is 13.8 Å². The summed E-state index contributed by atoms with van der Waals surface area (Å²) in [6.45, 7) is 6.90. The molecule has 0 unspecified atom stereocenters. The van der Waals surface area contributed by atoms with E-state index in [1.54, 1.807) is 12.3 Å². The Kier molecular flexibility index (Phi) is 4.28. The zero-order valence-electron chi connectivity index (χ0n) is 17.8. The van der Waals surface area contributed by atoms with Crippen LogP contribution in [-0.4, -0.2) is 42.5 Å². The summed E-state index contributed by atoms with van der Waals surface area (Å²) in [7, 11) is 0. The number of carbonyl (C=O) groups is 2. The third-order valence-electron chi connectivity index (χ3n) is 6.51. The molecule has 1 amide bonds. The number of hydrogen-bond acceptors (Lipinski definition) is 5. The van der Waals surface area contributed by atoms with Crippen LogP contribution in [0, 0.1) is 5.92 Å². The van der Waals surface area contributed by atoms with Gasteiger partial charge in [0.15, 0.2) is 11.5 Å². The van der Waals surface area contributed by atoms with Gasteiger partial charge in [-0.25, -0.2) is 14.3 Å². The van der Waals surface area contributed by atoms with Crippen LogP contribution in [0.1, 0.15) is 71.4 Å². The molecule has 2 aliphatic rings. The van der Waals surface area contributed by atoms with Gasteiger partial charge in [0.05, 0.1) is 5.69 Å². The molecule has 0 spiro atoms. The van der Waals surface area contributed by atoms with E-state index in [0.717, 1.165) is 22.3 Å². The lowest BCUT2D eigenvalue weighted by Gasteiger charge is -2.24. The number of carboxylic acid groups (broad SMARTS) is 1. The van der Waals surface area contributed by atoms with Gasteiger partial charge >= 0.3 is 5.97 Å². The Balaban J connectivity index is 1.63. The van der Waals surface area contributed by atoms with E-state index >= 15 is 0 Å². The molecule has 1 aromatic carbocycles. The summed E-state index contributed by atoms with van der Waals surface area (Å²) in [5, 5.41) is 13.5. The van der Waals surface area contributed by atoms with Crippen molar-refractivity contribution in [2.45, 2.75) is 52.1 Å². The molecular weight excluding hydrogens is 394 g/mol. The Morgan fingerprint density at radius 3 is 2.65 bits per heavy atom. The highest BCUT2D eigenvalue weighted by atomic mass is 16.4. The molecule has 3 N–H and O–H groups in total. The molecule has 5 rings (SSSR count). The van der Waals surface area contributed by atoms with Crippen molar-refractivity contribution < 1.29 is 14.7 Å². The number of hydrogen-bond donors (Lipinski definition) is 2. The monoisotopic (exact) mass is 419 g/mol. The lowest BCUT2D eigenvalue weighted by Crippen LogP contribution is -2.34. The van der Waals surface area contributed by atoms with Crippen molar-refractivity contribution in [1.82, 2.24) is 19.5 Å². The summed E-state index contributed by atoms with van der Waals surface area (Å²) >= 11 is 0. The van der Waals surface area contributed by atoms with Crippen molar-refractivity contribution in [1.29, 1.82) is 0 Å². The highest BCUT2D eigenvalue weighted by Crippen LogP contribution is 2.41. The van der Waals surface area contributed by atoms with Crippen LogP contribution in [0.25, 0.3) is 16.9 Å². The van der Waals surface area contributed by atoms with Gasteiger partial charge in [-0.15, -0.1) is 5.10 Å².